The first-order chi connectivity index (χ1) is 6.49. The standard InChI is InChI=1S/C12H16ClN/c1-10(13)8-12(2,14)9-11-6-4-3-5-7-11/h3-7H,1,8-9,14H2,2H3. The molecule has 0 radical (unpaired) electrons. The van der Waals surface area contributed by atoms with Crippen molar-refractivity contribution in [3.63, 3.8) is 0 Å². The second-order valence-electron chi connectivity index (χ2n) is 4.01. The van der Waals surface area contributed by atoms with Crippen molar-refractivity contribution in [2.45, 2.75) is 25.3 Å². The van der Waals surface area contributed by atoms with Crippen molar-refractivity contribution in [3.8, 4) is 0 Å². The van der Waals surface area contributed by atoms with E-state index in [1.165, 1.54) is 5.56 Å². The third-order valence-corrected chi connectivity index (χ3v) is 2.18. The Hall–Kier alpha value is -0.790. The largest absolute Gasteiger partial charge is 0.325 e. The third kappa shape index (κ3) is 3.95. The van der Waals surface area contributed by atoms with Crippen LogP contribution in [0.3, 0.4) is 0 Å². The summed E-state index contributed by atoms with van der Waals surface area (Å²) >= 11 is 5.75. The summed E-state index contributed by atoms with van der Waals surface area (Å²) < 4.78 is 0. The van der Waals surface area contributed by atoms with Crippen LogP contribution in [0.1, 0.15) is 18.9 Å². The molecule has 1 aromatic carbocycles. The molecule has 0 aromatic heterocycles. The molecule has 14 heavy (non-hydrogen) atoms. The molecule has 0 fully saturated rings. The Kier molecular flexibility index (Phi) is 3.73. The van der Waals surface area contributed by atoms with Gasteiger partial charge in [-0.3, -0.25) is 0 Å². The van der Waals surface area contributed by atoms with E-state index in [-0.39, 0.29) is 5.54 Å². The topological polar surface area (TPSA) is 26.0 Å². The lowest BCUT2D eigenvalue weighted by molar-refractivity contribution is 0.469. The summed E-state index contributed by atoms with van der Waals surface area (Å²) in [6.07, 6.45) is 1.46. The molecule has 0 aliphatic heterocycles. The van der Waals surface area contributed by atoms with E-state index in [0.29, 0.717) is 11.5 Å². The number of rotatable bonds is 4. The van der Waals surface area contributed by atoms with Gasteiger partial charge in [0.15, 0.2) is 0 Å². The Morgan fingerprint density at radius 1 is 1.43 bits per heavy atom. The van der Waals surface area contributed by atoms with Gasteiger partial charge in [0.05, 0.1) is 0 Å². The first-order valence-electron chi connectivity index (χ1n) is 4.66. The number of halogens is 1. The minimum Gasteiger partial charge on any atom is -0.325 e. The zero-order chi connectivity index (χ0) is 10.6. The molecule has 0 saturated heterocycles. The van der Waals surface area contributed by atoms with Crippen molar-refractivity contribution in [3.05, 3.63) is 47.5 Å². The fraction of sp³-hybridized carbons (Fsp3) is 0.333. The second kappa shape index (κ2) is 4.63. The van der Waals surface area contributed by atoms with Gasteiger partial charge in [0.25, 0.3) is 0 Å². The van der Waals surface area contributed by atoms with Crippen LogP contribution in [-0.4, -0.2) is 5.54 Å². The van der Waals surface area contributed by atoms with Crippen LogP contribution in [0.15, 0.2) is 41.9 Å². The van der Waals surface area contributed by atoms with Gasteiger partial charge in [-0.15, -0.1) is 0 Å². The summed E-state index contributed by atoms with van der Waals surface area (Å²) in [5.74, 6) is 0. The molecule has 76 valence electrons. The highest BCUT2D eigenvalue weighted by Crippen LogP contribution is 2.19. The van der Waals surface area contributed by atoms with Gasteiger partial charge in [0.1, 0.15) is 0 Å². The van der Waals surface area contributed by atoms with Crippen LogP contribution in [0.2, 0.25) is 0 Å². The van der Waals surface area contributed by atoms with Gasteiger partial charge in [-0.05, 0) is 18.9 Å². The van der Waals surface area contributed by atoms with Crippen LogP contribution in [-0.2, 0) is 6.42 Å². The predicted octanol–water partition coefficient (Wildman–Crippen LogP) is 3.09. The van der Waals surface area contributed by atoms with Gasteiger partial charge in [-0.25, -0.2) is 0 Å². The molecule has 0 spiro atoms. The summed E-state index contributed by atoms with van der Waals surface area (Å²) in [7, 11) is 0. The van der Waals surface area contributed by atoms with Gasteiger partial charge in [0, 0.05) is 17.0 Å². The zero-order valence-corrected chi connectivity index (χ0v) is 9.22. The van der Waals surface area contributed by atoms with Gasteiger partial charge in [-0.2, -0.15) is 0 Å². The monoisotopic (exact) mass is 209 g/mol. The Labute approximate surface area is 90.6 Å². The number of hydrogen-bond donors (Lipinski definition) is 1. The van der Waals surface area contributed by atoms with E-state index < -0.39 is 0 Å². The summed E-state index contributed by atoms with van der Waals surface area (Å²) in [5, 5.41) is 0.617. The van der Waals surface area contributed by atoms with E-state index in [2.05, 4.69) is 18.7 Å². The molecule has 1 atom stereocenters. The molecule has 0 saturated carbocycles. The van der Waals surface area contributed by atoms with E-state index in [0.717, 1.165) is 6.42 Å². The quantitative estimate of drug-likeness (QED) is 0.811. The average molecular weight is 210 g/mol. The van der Waals surface area contributed by atoms with Gasteiger partial charge in [0.2, 0.25) is 0 Å². The van der Waals surface area contributed by atoms with Gasteiger partial charge in [-0.1, -0.05) is 48.5 Å². The fourth-order valence-electron chi connectivity index (χ4n) is 1.56. The maximum atomic E-state index is 6.10. The van der Waals surface area contributed by atoms with E-state index in [1.807, 2.05) is 25.1 Å². The first-order valence-corrected chi connectivity index (χ1v) is 5.03. The summed E-state index contributed by atoms with van der Waals surface area (Å²) in [6.45, 7) is 5.66. The minimum absolute atomic E-state index is 0.305. The molecule has 0 aliphatic rings. The molecular formula is C12H16ClN. The summed E-state index contributed by atoms with van der Waals surface area (Å²) in [6, 6.07) is 10.2. The smallest absolute Gasteiger partial charge is 0.0215 e. The lowest BCUT2D eigenvalue weighted by atomic mass is 9.91. The van der Waals surface area contributed by atoms with Crippen molar-refractivity contribution in [2.75, 3.05) is 0 Å². The number of nitrogens with two attached hydrogens (primary N) is 1. The SMILES string of the molecule is C=C(Cl)CC(C)(N)Cc1ccccc1. The van der Waals surface area contributed by atoms with Crippen LogP contribution < -0.4 is 5.73 Å². The average Bonchev–Trinajstić information content (AvgIpc) is 2.02. The Morgan fingerprint density at radius 3 is 2.50 bits per heavy atom. The van der Waals surface area contributed by atoms with Crippen molar-refractivity contribution < 1.29 is 0 Å². The molecule has 1 aromatic rings. The minimum atomic E-state index is -0.305. The molecule has 1 unspecified atom stereocenters. The Balaban J connectivity index is 2.63. The van der Waals surface area contributed by atoms with Crippen LogP contribution in [0.25, 0.3) is 0 Å². The highest BCUT2D eigenvalue weighted by molar-refractivity contribution is 6.29. The third-order valence-electron chi connectivity index (χ3n) is 2.05. The highest BCUT2D eigenvalue weighted by atomic mass is 35.5. The first kappa shape index (κ1) is 11.3. The van der Waals surface area contributed by atoms with Gasteiger partial charge < -0.3 is 5.73 Å². The van der Waals surface area contributed by atoms with E-state index in [9.17, 15) is 0 Å². The van der Waals surface area contributed by atoms with Crippen LogP contribution >= 0.6 is 11.6 Å². The number of hydrogen-bond acceptors (Lipinski definition) is 1. The molecule has 0 heterocycles. The van der Waals surface area contributed by atoms with Crippen molar-refractivity contribution >= 4 is 11.6 Å². The zero-order valence-electron chi connectivity index (χ0n) is 8.46. The molecule has 2 N–H and O–H groups in total. The molecule has 1 nitrogen and oxygen atoms in total. The Bertz CT molecular complexity index is 303. The van der Waals surface area contributed by atoms with Crippen LogP contribution in [0, 0.1) is 0 Å². The van der Waals surface area contributed by atoms with Crippen LogP contribution in [0.4, 0.5) is 0 Å². The summed E-state index contributed by atoms with van der Waals surface area (Å²) in [4.78, 5) is 0. The maximum Gasteiger partial charge on any atom is 0.0215 e. The van der Waals surface area contributed by atoms with E-state index in [1.54, 1.807) is 0 Å². The normalized spacial score (nSPS) is 14.8. The Morgan fingerprint density at radius 2 is 2.00 bits per heavy atom. The molecule has 0 amide bonds. The molecule has 1 rings (SSSR count). The molecule has 0 aliphatic carbocycles. The second-order valence-corrected chi connectivity index (χ2v) is 4.54. The number of benzene rings is 1. The van der Waals surface area contributed by atoms with Gasteiger partial charge >= 0.3 is 0 Å². The maximum absolute atomic E-state index is 6.10. The molecule has 0 bridgehead atoms. The molecule has 2 heteroatoms. The van der Waals surface area contributed by atoms with Crippen molar-refractivity contribution in [2.24, 2.45) is 5.73 Å². The van der Waals surface area contributed by atoms with Crippen molar-refractivity contribution in [1.29, 1.82) is 0 Å². The van der Waals surface area contributed by atoms with E-state index in [4.69, 9.17) is 17.3 Å². The fourth-order valence-corrected chi connectivity index (χ4v) is 1.87. The van der Waals surface area contributed by atoms with Crippen LogP contribution in [0.5, 0.6) is 0 Å². The lowest BCUT2D eigenvalue weighted by Gasteiger charge is -2.24. The predicted molar refractivity (Wildman–Crippen MR) is 62.3 cm³/mol. The lowest BCUT2D eigenvalue weighted by Crippen LogP contribution is -2.38. The van der Waals surface area contributed by atoms with Crippen molar-refractivity contribution in [1.82, 2.24) is 0 Å². The highest BCUT2D eigenvalue weighted by Gasteiger charge is 2.19. The molecular weight excluding hydrogens is 194 g/mol. The summed E-state index contributed by atoms with van der Waals surface area (Å²) in [5.41, 5.74) is 7.03. The van der Waals surface area contributed by atoms with E-state index >= 15 is 0 Å².